The van der Waals surface area contributed by atoms with Crippen molar-refractivity contribution in [2.45, 2.75) is 43.9 Å². The van der Waals surface area contributed by atoms with E-state index in [4.69, 9.17) is 18.0 Å². The lowest BCUT2D eigenvalue weighted by Gasteiger charge is -2.19. The Balaban J connectivity index is 1.74. The zero-order valence-electron chi connectivity index (χ0n) is 14.3. The van der Waals surface area contributed by atoms with Crippen LogP contribution in [0.3, 0.4) is 0 Å². The third-order valence-corrected chi connectivity index (χ3v) is 4.32. The molecule has 0 radical (unpaired) electrons. The smallest absolute Gasteiger partial charge is 0.258 e. The van der Waals surface area contributed by atoms with Crippen LogP contribution in [0.5, 0.6) is 0 Å². The van der Waals surface area contributed by atoms with Crippen molar-refractivity contribution in [1.29, 1.82) is 0 Å². The van der Waals surface area contributed by atoms with Crippen molar-refractivity contribution in [3.8, 4) is 12.3 Å². The number of rotatable bonds is 10. The van der Waals surface area contributed by atoms with E-state index in [2.05, 4.69) is 42.0 Å². The standard InChI is InChI=1S/C16H17ClF2N8/c1-2-3-6-16(23-24-16)7-8-20-14(12-5-4-11(17)9-21-12)15-22-25-26-27(15)10-13(18)19/h1,4-5,9,13-14,20H,3,6-8,10H2. The van der Waals surface area contributed by atoms with Crippen molar-refractivity contribution in [2.24, 2.45) is 10.2 Å². The van der Waals surface area contributed by atoms with Crippen LogP contribution in [0.1, 0.15) is 36.8 Å². The number of nitrogens with one attached hydrogen (secondary N) is 1. The van der Waals surface area contributed by atoms with E-state index in [1.54, 1.807) is 12.1 Å². The molecule has 0 amide bonds. The van der Waals surface area contributed by atoms with E-state index >= 15 is 0 Å². The van der Waals surface area contributed by atoms with Gasteiger partial charge in [0, 0.05) is 32.0 Å². The minimum atomic E-state index is -2.58. The molecule has 2 aromatic rings. The number of hydrogen-bond donors (Lipinski definition) is 1. The van der Waals surface area contributed by atoms with Gasteiger partial charge in [-0.2, -0.15) is 10.2 Å². The van der Waals surface area contributed by atoms with Crippen LogP contribution in [0.25, 0.3) is 0 Å². The highest BCUT2D eigenvalue weighted by Crippen LogP contribution is 2.36. The molecular weight excluding hydrogens is 378 g/mol. The lowest BCUT2D eigenvalue weighted by atomic mass is 10.0. The van der Waals surface area contributed by atoms with Crippen LogP contribution in [-0.2, 0) is 6.54 Å². The third-order valence-electron chi connectivity index (χ3n) is 4.10. The third kappa shape index (κ3) is 5.02. The molecule has 1 unspecified atom stereocenters. The zero-order valence-corrected chi connectivity index (χ0v) is 15.0. The molecule has 0 aliphatic carbocycles. The molecule has 0 saturated heterocycles. The Morgan fingerprint density at radius 2 is 2.11 bits per heavy atom. The first-order chi connectivity index (χ1) is 13.0. The summed E-state index contributed by atoms with van der Waals surface area (Å²) in [5, 5.41) is 23.0. The number of hydrogen-bond acceptors (Lipinski definition) is 7. The first-order valence-electron chi connectivity index (χ1n) is 8.29. The summed E-state index contributed by atoms with van der Waals surface area (Å²) < 4.78 is 26.7. The summed E-state index contributed by atoms with van der Waals surface area (Å²) in [6.07, 6.45) is 6.08. The van der Waals surface area contributed by atoms with Gasteiger partial charge in [-0.1, -0.05) is 11.6 Å². The number of tetrazole rings is 1. The van der Waals surface area contributed by atoms with E-state index in [9.17, 15) is 8.78 Å². The van der Waals surface area contributed by atoms with Gasteiger partial charge in [-0.3, -0.25) is 4.98 Å². The fraction of sp³-hybridized carbons (Fsp3) is 0.500. The molecule has 0 spiro atoms. The van der Waals surface area contributed by atoms with Crippen molar-refractivity contribution in [3.63, 3.8) is 0 Å². The molecule has 1 aliphatic rings. The lowest BCUT2D eigenvalue weighted by Crippen LogP contribution is -2.30. The van der Waals surface area contributed by atoms with Gasteiger partial charge in [0.1, 0.15) is 12.6 Å². The fourth-order valence-corrected chi connectivity index (χ4v) is 2.76. The summed E-state index contributed by atoms with van der Waals surface area (Å²) >= 11 is 5.89. The molecular formula is C16H17ClF2N8. The molecule has 0 aromatic carbocycles. The topological polar surface area (TPSA) is 93.2 Å². The molecule has 8 nitrogen and oxygen atoms in total. The van der Waals surface area contributed by atoms with Gasteiger partial charge in [-0.25, -0.2) is 13.5 Å². The van der Waals surface area contributed by atoms with E-state index < -0.39 is 24.7 Å². The number of terminal acetylenes is 1. The Morgan fingerprint density at radius 1 is 1.30 bits per heavy atom. The maximum atomic E-state index is 12.8. The second-order valence-electron chi connectivity index (χ2n) is 6.04. The highest BCUT2D eigenvalue weighted by atomic mass is 35.5. The number of pyridine rings is 1. The van der Waals surface area contributed by atoms with Crippen LogP contribution in [0.4, 0.5) is 8.78 Å². The molecule has 1 N–H and O–H groups in total. The van der Waals surface area contributed by atoms with Crippen molar-refractivity contribution in [1.82, 2.24) is 30.5 Å². The van der Waals surface area contributed by atoms with Gasteiger partial charge in [-0.15, -0.1) is 17.4 Å². The van der Waals surface area contributed by atoms with Gasteiger partial charge in [0.05, 0.1) is 10.7 Å². The van der Waals surface area contributed by atoms with Crippen LogP contribution in [-0.4, -0.2) is 43.8 Å². The summed E-state index contributed by atoms with van der Waals surface area (Å²) in [5.41, 5.74) is 0.110. The Kier molecular flexibility index (Phi) is 6.03. The molecule has 1 aliphatic heterocycles. The van der Waals surface area contributed by atoms with Gasteiger partial charge in [0.15, 0.2) is 11.5 Å². The summed E-state index contributed by atoms with van der Waals surface area (Å²) in [4.78, 5) is 4.27. The minimum Gasteiger partial charge on any atom is -0.302 e. The molecule has 3 rings (SSSR count). The van der Waals surface area contributed by atoms with E-state index in [0.29, 0.717) is 36.5 Å². The van der Waals surface area contributed by atoms with E-state index in [-0.39, 0.29) is 5.82 Å². The first-order valence-corrected chi connectivity index (χ1v) is 8.67. The largest absolute Gasteiger partial charge is 0.302 e. The van der Waals surface area contributed by atoms with Gasteiger partial charge >= 0.3 is 0 Å². The van der Waals surface area contributed by atoms with Crippen LogP contribution in [0.2, 0.25) is 5.02 Å². The van der Waals surface area contributed by atoms with Crippen LogP contribution >= 0.6 is 11.6 Å². The average molecular weight is 395 g/mol. The van der Waals surface area contributed by atoms with Crippen molar-refractivity contribution in [3.05, 3.63) is 34.9 Å². The monoisotopic (exact) mass is 394 g/mol. The Bertz CT molecular complexity index is 824. The highest BCUT2D eigenvalue weighted by molar-refractivity contribution is 6.30. The van der Waals surface area contributed by atoms with Gasteiger partial charge in [0.25, 0.3) is 6.43 Å². The van der Waals surface area contributed by atoms with Crippen LogP contribution in [0.15, 0.2) is 28.6 Å². The van der Waals surface area contributed by atoms with Gasteiger partial charge < -0.3 is 5.32 Å². The predicted molar refractivity (Wildman–Crippen MR) is 93.2 cm³/mol. The minimum absolute atomic E-state index is 0.243. The first kappa shape index (κ1) is 19.3. The van der Waals surface area contributed by atoms with Crippen molar-refractivity contribution < 1.29 is 8.78 Å². The molecule has 27 heavy (non-hydrogen) atoms. The van der Waals surface area contributed by atoms with Gasteiger partial charge in [0.2, 0.25) is 0 Å². The van der Waals surface area contributed by atoms with Crippen LogP contribution in [0, 0.1) is 12.3 Å². The van der Waals surface area contributed by atoms with E-state index in [1.165, 1.54) is 6.20 Å². The second kappa shape index (κ2) is 8.45. The average Bonchev–Trinajstić information content (AvgIpc) is 3.28. The Hall–Kier alpha value is -2.51. The Morgan fingerprint density at radius 3 is 2.74 bits per heavy atom. The molecule has 11 heteroatoms. The molecule has 3 heterocycles. The number of alkyl halides is 2. The fourth-order valence-electron chi connectivity index (χ4n) is 2.65. The maximum absolute atomic E-state index is 12.8. The summed E-state index contributed by atoms with van der Waals surface area (Å²) in [7, 11) is 0. The molecule has 0 bridgehead atoms. The number of nitrogens with zero attached hydrogens (tertiary/aromatic N) is 7. The zero-order chi connectivity index (χ0) is 19.3. The predicted octanol–water partition coefficient (Wildman–Crippen LogP) is 2.63. The summed E-state index contributed by atoms with van der Waals surface area (Å²) in [6, 6.07) is 2.78. The molecule has 142 valence electrons. The highest BCUT2D eigenvalue weighted by Gasteiger charge is 2.39. The summed E-state index contributed by atoms with van der Waals surface area (Å²) in [5.74, 6) is 2.82. The van der Waals surface area contributed by atoms with Crippen molar-refractivity contribution in [2.75, 3.05) is 6.54 Å². The maximum Gasteiger partial charge on any atom is 0.258 e. The van der Waals surface area contributed by atoms with E-state index in [0.717, 1.165) is 4.68 Å². The molecule has 0 saturated carbocycles. The quantitative estimate of drug-likeness (QED) is 0.625. The van der Waals surface area contributed by atoms with Gasteiger partial charge in [-0.05, 0) is 22.6 Å². The molecule has 2 aromatic heterocycles. The summed E-state index contributed by atoms with van der Waals surface area (Å²) in [6.45, 7) is -0.112. The Labute approximate surface area is 159 Å². The van der Waals surface area contributed by atoms with Crippen LogP contribution < -0.4 is 5.32 Å². The van der Waals surface area contributed by atoms with Crippen molar-refractivity contribution >= 4 is 11.6 Å². The molecule has 1 atom stereocenters. The normalized spacial score (nSPS) is 15.7. The second-order valence-corrected chi connectivity index (χ2v) is 6.47. The number of halogens is 3. The lowest BCUT2D eigenvalue weighted by molar-refractivity contribution is 0.119. The SMILES string of the molecule is C#CCCC1(CCNC(c2ccc(Cl)cn2)c2nnnn2CC(F)F)N=N1. The molecule has 0 fully saturated rings. The number of aromatic nitrogens is 5. The van der Waals surface area contributed by atoms with E-state index in [1.807, 2.05) is 0 Å².